The minimum Gasteiger partial charge on any atom is -0.493 e. The molecule has 2 N–H and O–H groups in total. The van der Waals surface area contributed by atoms with E-state index >= 15 is 0 Å². The number of benzene rings is 2. The van der Waals surface area contributed by atoms with Crippen molar-refractivity contribution in [2.75, 3.05) is 6.61 Å². The zero-order valence-corrected chi connectivity index (χ0v) is 11.5. The zero-order chi connectivity index (χ0) is 13.5. The van der Waals surface area contributed by atoms with Gasteiger partial charge in [-0.25, -0.2) is 0 Å². The highest BCUT2D eigenvalue weighted by molar-refractivity contribution is 5.40. The Bertz CT molecular complexity index is 637. The second kappa shape index (κ2) is 4.64. The first-order valence-electron chi connectivity index (χ1n) is 7.38. The largest absolute Gasteiger partial charge is 0.493 e. The van der Waals surface area contributed by atoms with Crippen LogP contribution in [-0.2, 0) is 6.42 Å². The van der Waals surface area contributed by atoms with Gasteiger partial charge in [-0.2, -0.15) is 0 Å². The Morgan fingerprint density at radius 3 is 2.60 bits per heavy atom. The first-order valence-corrected chi connectivity index (χ1v) is 7.38. The summed E-state index contributed by atoms with van der Waals surface area (Å²) >= 11 is 0. The zero-order valence-electron chi connectivity index (χ0n) is 11.5. The van der Waals surface area contributed by atoms with Gasteiger partial charge in [0.25, 0.3) is 0 Å². The SMILES string of the molecule is NC1c2ccccc2CC1CC1COc2ccccc21. The molecule has 2 nitrogen and oxygen atoms in total. The molecule has 0 saturated heterocycles. The van der Waals surface area contributed by atoms with Crippen molar-refractivity contribution in [1.29, 1.82) is 0 Å². The smallest absolute Gasteiger partial charge is 0.122 e. The average Bonchev–Trinajstić information content (AvgIpc) is 3.03. The van der Waals surface area contributed by atoms with E-state index in [2.05, 4.69) is 42.5 Å². The molecule has 2 heteroatoms. The average molecular weight is 265 g/mol. The lowest BCUT2D eigenvalue weighted by Crippen LogP contribution is -2.19. The van der Waals surface area contributed by atoms with Crippen LogP contribution in [0.25, 0.3) is 0 Å². The number of hydrogen-bond acceptors (Lipinski definition) is 2. The van der Waals surface area contributed by atoms with Crippen molar-refractivity contribution < 1.29 is 4.74 Å². The van der Waals surface area contributed by atoms with Gasteiger partial charge in [-0.3, -0.25) is 0 Å². The Kier molecular flexibility index (Phi) is 2.78. The number of rotatable bonds is 2. The highest BCUT2D eigenvalue weighted by atomic mass is 16.5. The molecule has 0 radical (unpaired) electrons. The second-order valence-electron chi connectivity index (χ2n) is 5.97. The van der Waals surface area contributed by atoms with Gasteiger partial charge in [-0.1, -0.05) is 42.5 Å². The van der Waals surface area contributed by atoms with E-state index in [0.29, 0.717) is 11.8 Å². The molecule has 0 bridgehead atoms. The number of nitrogens with two attached hydrogens (primary N) is 1. The fraction of sp³-hybridized carbons (Fsp3) is 0.333. The molecule has 1 aliphatic carbocycles. The molecule has 0 fully saturated rings. The molecule has 1 aliphatic heterocycles. The molecule has 1 heterocycles. The Hall–Kier alpha value is -1.80. The molecule has 4 rings (SSSR count). The summed E-state index contributed by atoms with van der Waals surface area (Å²) in [5.41, 5.74) is 10.6. The second-order valence-corrected chi connectivity index (χ2v) is 5.97. The summed E-state index contributed by atoms with van der Waals surface area (Å²) in [7, 11) is 0. The number of fused-ring (bicyclic) bond motifs is 2. The third kappa shape index (κ3) is 1.83. The molecule has 2 aliphatic rings. The fourth-order valence-electron chi connectivity index (χ4n) is 3.73. The van der Waals surface area contributed by atoms with Crippen LogP contribution < -0.4 is 10.5 Å². The van der Waals surface area contributed by atoms with Gasteiger partial charge in [-0.15, -0.1) is 0 Å². The van der Waals surface area contributed by atoms with E-state index in [1.807, 2.05) is 6.07 Å². The van der Waals surface area contributed by atoms with Crippen molar-refractivity contribution in [1.82, 2.24) is 0 Å². The van der Waals surface area contributed by atoms with E-state index in [0.717, 1.165) is 25.2 Å². The number of ether oxygens (including phenoxy) is 1. The standard InChI is InChI=1S/C18H19NO/c19-18-13(9-12-5-1-2-7-16(12)18)10-14-11-20-17-8-4-3-6-15(14)17/h1-8,13-14,18H,9-11,19H2. The van der Waals surface area contributed by atoms with Crippen LogP contribution in [0.4, 0.5) is 0 Å². The predicted molar refractivity (Wildman–Crippen MR) is 79.9 cm³/mol. The molecule has 0 saturated carbocycles. The fourth-order valence-corrected chi connectivity index (χ4v) is 3.73. The number of para-hydroxylation sites is 1. The lowest BCUT2D eigenvalue weighted by molar-refractivity contribution is 0.298. The summed E-state index contributed by atoms with van der Waals surface area (Å²) in [6, 6.07) is 17.2. The van der Waals surface area contributed by atoms with Gasteiger partial charge in [0.1, 0.15) is 5.75 Å². The number of hydrogen-bond donors (Lipinski definition) is 1. The maximum atomic E-state index is 6.45. The van der Waals surface area contributed by atoms with Crippen LogP contribution >= 0.6 is 0 Å². The van der Waals surface area contributed by atoms with E-state index in [9.17, 15) is 0 Å². The lowest BCUT2D eigenvalue weighted by Gasteiger charge is -2.19. The summed E-state index contributed by atoms with van der Waals surface area (Å²) in [6.45, 7) is 0.804. The van der Waals surface area contributed by atoms with Crippen molar-refractivity contribution in [2.45, 2.75) is 24.8 Å². The van der Waals surface area contributed by atoms with E-state index in [4.69, 9.17) is 10.5 Å². The molecule has 2 aromatic rings. The molecule has 3 unspecified atom stereocenters. The van der Waals surface area contributed by atoms with Crippen LogP contribution in [0.3, 0.4) is 0 Å². The summed E-state index contributed by atoms with van der Waals surface area (Å²) in [4.78, 5) is 0. The molecule has 2 aromatic carbocycles. The van der Waals surface area contributed by atoms with Crippen LogP contribution in [0.15, 0.2) is 48.5 Å². The quantitative estimate of drug-likeness (QED) is 0.903. The van der Waals surface area contributed by atoms with E-state index in [1.165, 1.54) is 16.7 Å². The van der Waals surface area contributed by atoms with Crippen molar-refractivity contribution in [3.63, 3.8) is 0 Å². The summed E-state index contributed by atoms with van der Waals surface area (Å²) in [5.74, 6) is 2.09. The van der Waals surface area contributed by atoms with E-state index in [1.54, 1.807) is 0 Å². The van der Waals surface area contributed by atoms with Crippen LogP contribution in [0.5, 0.6) is 5.75 Å². The monoisotopic (exact) mass is 265 g/mol. The minimum atomic E-state index is 0.180. The van der Waals surface area contributed by atoms with Gasteiger partial charge >= 0.3 is 0 Å². The maximum Gasteiger partial charge on any atom is 0.122 e. The Balaban J connectivity index is 1.55. The van der Waals surface area contributed by atoms with Gasteiger partial charge < -0.3 is 10.5 Å². The van der Waals surface area contributed by atoms with Crippen LogP contribution in [0.1, 0.15) is 35.1 Å². The van der Waals surface area contributed by atoms with Crippen molar-refractivity contribution in [3.8, 4) is 5.75 Å². The molecule has 0 spiro atoms. The van der Waals surface area contributed by atoms with Gasteiger partial charge in [0.05, 0.1) is 6.61 Å². The van der Waals surface area contributed by atoms with Crippen LogP contribution in [0, 0.1) is 5.92 Å². The molecular formula is C18H19NO. The van der Waals surface area contributed by atoms with Crippen LogP contribution in [-0.4, -0.2) is 6.61 Å². The molecular weight excluding hydrogens is 246 g/mol. The van der Waals surface area contributed by atoms with Crippen LogP contribution in [0.2, 0.25) is 0 Å². The van der Waals surface area contributed by atoms with Gasteiger partial charge in [0, 0.05) is 17.5 Å². The summed E-state index contributed by atoms with van der Waals surface area (Å²) < 4.78 is 5.79. The normalized spacial score (nSPS) is 26.9. The Labute approximate surface area is 119 Å². The first-order chi connectivity index (χ1) is 9.83. The van der Waals surface area contributed by atoms with Gasteiger partial charge in [0.15, 0.2) is 0 Å². The molecule has 3 atom stereocenters. The van der Waals surface area contributed by atoms with Crippen molar-refractivity contribution >= 4 is 0 Å². The van der Waals surface area contributed by atoms with Crippen molar-refractivity contribution in [2.24, 2.45) is 11.7 Å². The molecule has 0 amide bonds. The van der Waals surface area contributed by atoms with Crippen molar-refractivity contribution in [3.05, 3.63) is 65.2 Å². The molecule has 102 valence electrons. The van der Waals surface area contributed by atoms with E-state index < -0.39 is 0 Å². The highest BCUT2D eigenvalue weighted by Gasteiger charge is 2.34. The predicted octanol–water partition coefficient (Wildman–Crippen LogP) is 3.43. The topological polar surface area (TPSA) is 35.2 Å². The first kappa shape index (κ1) is 12.0. The molecule has 0 aromatic heterocycles. The third-order valence-electron chi connectivity index (χ3n) is 4.79. The summed E-state index contributed by atoms with van der Waals surface area (Å²) in [5, 5.41) is 0. The lowest BCUT2D eigenvalue weighted by atomic mass is 9.87. The minimum absolute atomic E-state index is 0.180. The maximum absolute atomic E-state index is 6.45. The van der Waals surface area contributed by atoms with E-state index in [-0.39, 0.29) is 6.04 Å². The molecule has 20 heavy (non-hydrogen) atoms. The van der Waals surface area contributed by atoms with Gasteiger partial charge in [-0.05, 0) is 36.0 Å². The highest BCUT2D eigenvalue weighted by Crippen LogP contribution is 2.43. The summed E-state index contributed by atoms with van der Waals surface area (Å²) in [6.07, 6.45) is 2.23. The third-order valence-corrected chi connectivity index (χ3v) is 4.79. The Morgan fingerprint density at radius 1 is 1.00 bits per heavy atom. The Morgan fingerprint density at radius 2 is 1.75 bits per heavy atom. The van der Waals surface area contributed by atoms with Gasteiger partial charge in [0.2, 0.25) is 0 Å².